The van der Waals surface area contributed by atoms with Gasteiger partial charge in [0.2, 0.25) is 0 Å². The summed E-state index contributed by atoms with van der Waals surface area (Å²) < 4.78 is 5.51. The summed E-state index contributed by atoms with van der Waals surface area (Å²) in [5, 5.41) is 0. The molecule has 2 atom stereocenters. The predicted molar refractivity (Wildman–Crippen MR) is 96.4 cm³/mol. The number of carbonyl (C=O) groups excluding carboxylic acids is 1. The normalized spacial score (nSPS) is 19.0. The first-order valence-electron chi connectivity index (χ1n) is 8.35. The van der Waals surface area contributed by atoms with Crippen LogP contribution in [0.5, 0.6) is 0 Å². The molecule has 1 aromatic heterocycles. The standard InChI is InChI=1S/C19H24N2O2.ClH/c1-15(13-22)19(18-12-20-14-21-18,17-5-3-2-4-6-17)11-16-7-9-23-10-8-16;/h2-6,12-16H,7-11H2,1H3,(H,20,21);1H. The molecule has 2 aromatic rings. The van der Waals surface area contributed by atoms with Crippen LogP contribution in [0.15, 0.2) is 42.9 Å². The number of imidazole rings is 1. The van der Waals surface area contributed by atoms with Crippen LogP contribution in [0.4, 0.5) is 0 Å². The summed E-state index contributed by atoms with van der Waals surface area (Å²) in [5.41, 5.74) is 1.84. The SMILES string of the molecule is CC(C=O)C(CC1CCOCC1)(c1ccccc1)c1cnc[nH]1.Cl. The summed E-state index contributed by atoms with van der Waals surface area (Å²) in [7, 11) is 0. The lowest BCUT2D eigenvalue weighted by atomic mass is 9.63. The first-order valence-corrected chi connectivity index (χ1v) is 8.35. The molecule has 1 N–H and O–H groups in total. The molecule has 3 rings (SSSR count). The van der Waals surface area contributed by atoms with Gasteiger partial charge in [-0.15, -0.1) is 12.4 Å². The molecule has 4 nitrogen and oxygen atoms in total. The first-order chi connectivity index (χ1) is 11.3. The number of H-pyrrole nitrogens is 1. The summed E-state index contributed by atoms with van der Waals surface area (Å²) in [4.78, 5) is 19.3. The highest BCUT2D eigenvalue weighted by Gasteiger charge is 2.42. The Morgan fingerprint density at radius 3 is 2.62 bits per heavy atom. The Labute approximate surface area is 149 Å². The topological polar surface area (TPSA) is 55.0 Å². The van der Waals surface area contributed by atoms with Gasteiger partial charge in [-0.25, -0.2) is 4.98 Å². The van der Waals surface area contributed by atoms with Crippen molar-refractivity contribution >= 4 is 18.7 Å². The number of aromatic nitrogens is 2. The molecule has 0 spiro atoms. The zero-order valence-electron chi connectivity index (χ0n) is 14.0. The van der Waals surface area contributed by atoms with Crippen LogP contribution < -0.4 is 0 Å². The van der Waals surface area contributed by atoms with Gasteiger partial charge >= 0.3 is 0 Å². The van der Waals surface area contributed by atoms with Crippen molar-refractivity contribution in [3.05, 3.63) is 54.1 Å². The zero-order valence-corrected chi connectivity index (χ0v) is 14.8. The van der Waals surface area contributed by atoms with Gasteiger partial charge in [-0.1, -0.05) is 37.3 Å². The average molecular weight is 349 g/mol. The van der Waals surface area contributed by atoms with E-state index in [2.05, 4.69) is 22.1 Å². The van der Waals surface area contributed by atoms with Crippen LogP contribution >= 0.6 is 12.4 Å². The highest BCUT2D eigenvalue weighted by Crippen LogP contribution is 2.44. The smallest absolute Gasteiger partial charge is 0.124 e. The van der Waals surface area contributed by atoms with E-state index in [-0.39, 0.29) is 23.7 Å². The van der Waals surface area contributed by atoms with Gasteiger partial charge < -0.3 is 14.5 Å². The van der Waals surface area contributed by atoms with Crippen LogP contribution in [0.1, 0.15) is 37.4 Å². The number of rotatable bonds is 6. The molecule has 2 heterocycles. The fraction of sp³-hybridized carbons (Fsp3) is 0.474. The molecule has 1 aliphatic rings. The second-order valence-electron chi connectivity index (χ2n) is 6.49. The maximum atomic E-state index is 11.8. The highest BCUT2D eigenvalue weighted by atomic mass is 35.5. The summed E-state index contributed by atoms with van der Waals surface area (Å²) in [6.45, 7) is 3.64. The van der Waals surface area contributed by atoms with E-state index in [1.165, 1.54) is 5.56 Å². The van der Waals surface area contributed by atoms with Gasteiger partial charge in [0.05, 0.1) is 6.33 Å². The van der Waals surface area contributed by atoms with Gasteiger partial charge in [0.1, 0.15) is 6.29 Å². The largest absolute Gasteiger partial charge is 0.381 e. The van der Waals surface area contributed by atoms with E-state index in [0.717, 1.165) is 44.5 Å². The van der Waals surface area contributed by atoms with Gasteiger partial charge in [0.25, 0.3) is 0 Å². The number of nitrogens with one attached hydrogen (secondary N) is 1. The average Bonchev–Trinajstić information content (AvgIpc) is 3.15. The number of ether oxygens (including phenoxy) is 1. The van der Waals surface area contributed by atoms with E-state index >= 15 is 0 Å². The third-order valence-electron chi connectivity index (χ3n) is 5.20. The van der Waals surface area contributed by atoms with Gasteiger partial charge in [-0.05, 0) is 30.7 Å². The molecular weight excluding hydrogens is 324 g/mol. The Morgan fingerprint density at radius 2 is 2.04 bits per heavy atom. The summed E-state index contributed by atoms with van der Waals surface area (Å²) >= 11 is 0. The lowest BCUT2D eigenvalue weighted by molar-refractivity contribution is -0.112. The van der Waals surface area contributed by atoms with Crippen molar-refractivity contribution in [2.45, 2.75) is 31.6 Å². The van der Waals surface area contributed by atoms with Gasteiger partial charge in [-0.3, -0.25) is 0 Å². The Morgan fingerprint density at radius 1 is 1.33 bits per heavy atom. The van der Waals surface area contributed by atoms with E-state index in [1.807, 2.05) is 31.3 Å². The van der Waals surface area contributed by atoms with Gasteiger partial charge in [-0.2, -0.15) is 0 Å². The Hall–Kier alpha value is -1.65. The fourth-order valence-electron chi connectivity index (χ4n) is 3.83. The van der Waals surface area contributed by atoms with Crippen molar-refractivity contribution in [1.29, 1.82) is 0 Å². The molecule has 24 heavy (non-hydrogen) atoms. The molecule has 0 saturated carbocycles. The van der Waals surface area contributed by atoms with Crippen molar-refractivity contribution in [2.24, 2.45) is 11.8 Å². The first kappa shape index (κ1) is 18.7. The van der Waals surface area contributed by atoms with E-state index in [4.69, 9.17) is 4.74 Å². The number of hydrogen-bond acceptors (Lipinski definition) is 3. The number of carbonyl (C=O) groups is 1. The summed E-state index contributed by atoms with van der Waals surface area (Å²) in [6.07, 6.45) is 7.68. The monoisotopic (exact) mass is 348 g/mol. The number of nitrogens with zero attached hydrogens (tertiary/aromatic N) is 1. The molecule has 1 saturated heterocycles. The highest BCUT2D eigenvalue weighted by molar-refractivity contribution is 5.85. The predicted octanol–water partition coefficient (Wildman–Crippen LogP) is 3.77. The van der Waals surface area contributed by atoms with Crippen LogP contribution in [-0.4, -0.2) is 29.5 Å². The van der Waals surface area contributed by atoms with E-state index in [9.17, 15) is 4.79 Å². The minimum absolute atomic E-state index is 0. The fourth-order valence-corrected chi connectivity index (χ4v) is 3.83. The van der Waals surface area contributed by atoms with Crippen molar-refractivity contribution in [2.75, 3.05) is 13.2 Å². The molecule has 1 aromatic carbocycles. The third kappa shape index (κ3) is 3.55. The molecule has 0 aliphatic carbocycles. The summed E-state index contributed by atoms with van der Waals surface area (Å²) in [6, 6.07) is 10.4. The maximum Gasteiger partial charge on any atom is 0.124 e. The minimum atomic E-state index is -0.360. The van der Waals surface area contributed by atoms with Crippen LogP contribution in [0, 0.1) is 11.8 Å². The van der Waals surface area contributed by atoms with E-state index < -0.39 is 0 Å². The molecule has 1 fully saturated rings. The quantitative estimate of drug-likeness (QED) is 0.808. The van der Waals surface area contributed by atoms with Crippen molar-refractivity contribution in [1.82, 2.24) is 9.97 Å². The maximum absolute atomic E-state index is 11.8. The number of benzene rings is 1. The van der Waals surface area contributed by atoms with Crippen molar-refractivity contribution in [3.63, 3.8) is 0 Å². The third-order valence-corrected chi connectivity index (χ3v) is 5.20. The molecule has 0 amide bonds. The van der Waals surface area contributed by atoms with Gasteiger partial charge in [0.15, 0.2) is 0 Å². The number of aldehydes is 1. The van der Waals surface area contributed by atoms with Gasteiger partial charge in [0, 0.05) is 36.4 Å². The lowest BCUT2D eigenvalue weighted by Gasteiger charge is -2.40. The second-order valence-corrected chi connectivity index (χ2v) is 6.49. The summed E-state index contributed by atoms with van der Waals surface area (Å²) in [5.74, 6) is 0.419. The molecule has 5 heteroatoms. The zero-order chi connectivity index (χ0) is 16.1. The molecule has 0 radical (unpaired) electrons. The Balaban J connectivity index is 0.00000208. The lowest BCUT2D eigenvalue weighted by Crippen LogP contribution is -2.39. The van der Waals surface area contributed by atoms with Crippen molar-refractivity contribution in [3.8, 4) is 0 Å². The van der Waals surface area contributed by atoms with Crippen LogP contribution in [-0.2, 0) is 14.9 Å². The minimum Gasteiger partial charge on any atom is -0.381 e. The number of hydrogen-bond donors (Lipinski definition) is 1. The van der Waals surface area contributed by atoms with Crippen LogP contribution in [0.25, 0.3) is 0 Å². The van der Waals surface area contributed by atoms with Crippen LogP contribution in [0.2, 0.25) is 0 Å². The number of halogens is 1. The number of aromatic amines is 1. The second kappa shape index (κ2) is 8.45. The van der Waals surface area contributed by atoms with E-state index in [0.29, 0.717) is 5.92 Å². The molecule has 2 unspecified atom stereocenters. The Bertz CT molecular complexity index is 612. The molecule has 1 aliphatic heterocycles. The molecular formula is C19H25ClN2O2. The van der Waals surface area contributed by atoms with Crippen molar-refractivity contribution < 1.29 is 9.53 Å². The Kier molecular flexibility index (Phi) is 6.58. The molecule has 130 valence electrons. The van der Waals surface area contributed by atoms with Crippen LogP contribution in [0.3, 0.4) is 0 Å². The molecule has 0 bridgehead atoms. The van der Waals surface area contributed by atoms with E-state index in [1.54, 1.807) is 6.33 Å².